The molecule has 0 radical (unpaired) electrons. The highest BCUT2D eigenvalue weighted by atomic mass is 15.0. The van der Waals surface area contributed by atoms with Gasteiger partial charge in [-0.1, -0.05) is 0 Å². The fourth-order valence-electron chi connectivity index (χ4n) is 1.03. The summed E-state index contributed by atoms with van der Waals surface area (Å²) in [5.41, 5.74) is 6.40. The van der Waals surface area contributed by atoms with Crippen molar-refractivity contribution < 1.29 is 0 Å². The minimum atomic E-state index is 0.766. The van der Waals surface area contributed by atoms with Crippen LogP contribution in [0, 0.1) is 0 Å². The number of nitrogens with zero attached hydrogens (tertiary/aromatic N) is 1. The van der Waals surface area contributed by atoms with Gasteiger partial charge in [0.05, 0.1) is 0 Å². The lowest BCUT2D eigenvalue weighted by Gasteiger charge is -1.93. The van der Waals surface area contributed by atoms with Crippen LogP contribution in [0.3, 0.4) is 0 Å². The molecule has 1 heterocycles. The topological polar surface area (TPSA) is 30.9 Å². The monoisotopic (exact) mass is 122 g/mol. The number of aromatic nitrogens is 1. The van der Waals surface area contributed by atoms with E-state index in [0.717, 1.165) is 11.7 Å². The first-order valence-corrected chi connectivity index (χ1v) is 3.29. The number of anilines is 1. The second kappa shape index (κ2) is 1.53. The molecular formula is C7H10N2. The lowest BCUT2D eigenvalue weighted by Crippen LogP contribution is -1.87. The van der Waals surface area contributed by atoms with Gasteiger partial charge in [0.2, 0.25) is 0 Å². The first-order valence-electron chi connectivity index (χ1n) is 3.29. The van der Waals surface area contributed by atoms with E-state index in [2.05, 4.69) is 4.57 Å². The zero-order chi connectivity index (χ0) is 6.27. The molecule has 1 saturated carbocycles. The van der Waals surface area contributed by atoms with E-state index in [9.17, 15) is 0 Å². The largest absolute Gasteiger partial charge is 0.398 e. The van der Waals surface area contributed by atoms with E-state index in [4.69, 9.17) is 5.73 Å². The zero-order valence-electron chi connectivity index (χ0n) is 5.25. The van der Waals surface area contributed by atoms with Crippen LogP contribution < -0.4 is 5.73 Å². The highest BCUT2D eigenvalue weighted by Gasteiger charge is 2.22. The third kappa shape index (κ3) is 0.803. The molecular weight excluding hydrogens is 112 g/mol. The molecule has 0 aromatic carbocycles. The van der Waals surface area contributed by atoms with Gasteiger partial charge in [-0.25, -0.2) is 0 Å². The zero-order valence-corrected chi connectivity index (χ0v) is 5.25. The molecule has 0 atom stereocenters. The second-order valence-electron chi connectivity index (χ2n) is 2.62. The molecule has 0 bridgehead atoms. The molecule has 1 aliphatic carbocycles. The van der Waals surface area contributed by atoms with Gasteiger partial charge in [-0.2, -0.15) is 0 Å². The highest BCUT2D eigenvalue weighted by Crippen LogP contribution is 2.35. The summed E-state index contributed by atoms with van der Waals surface area (Å²) < 4.78 is 2.19. The number of nitrogen functional groups attached to an aromatic ring is 1. The third-order valence-corrected chi connectivity index (χ3v) is 1.71. The van der Waals surface area contributed by atoms with Gasteiger partial charge in [0.15, 0.2) is 0 Å². The van der Waals surface area contributed by atoms with Gasteiger partial charge < -0.3 is 10.3 Å². The van der Waals surface area contributed by atoms with Crippen molar-refractivity contribution in [3.8, 4) is 0 Å². The Morgan fingerprint density at radius 1 is 1.56 bits per heavy atom. The number of nitrogens with two attached hydrogens (primary N) is 1. The maximum absolute atomic E-state index is 5.52. The van der Waals surface area contributed by atoms with Gasteiger partial charge in [0, 0.05) is 24.1 Å². The van der Waals surface area contributed by atoms with Crippen molar-refractivity contribution in [2.24, 2.45) is 0 Å². The maximum Gasteiger partial charge on any atom is 0.0493 e. The van der Waals surface area contributed by atoms with Gasteiger partial charge in [0.25, 0.3) is 0 Å². The molecule has 2 N–H and O–H groups in total. The average molecular weight is 122 g/mol. The van der Waals surface area contributed by atoms with E-state index in [1.165, 1.54) is 12.8 Å². The van der Waals surface area contributed by atoms with E-state index in [1.807, 2.05) is 18.5 Å². The second-order valence-corrected chi connectivity index (χ2v) is 2.62. The number of rotatable bonds is 1. The molecule has 0 saturated heterocycles. The van der Waals surface area contributed by atoms with Crippen molar-refractivity contribution in [3.05, 3.63) is 18.5 Å². The van der Waals surface area contributed by atoms with Crippen molar-refractivity contribution in [1.29, 1.82) is 0 Å². The average Bonchev–Trinajstić information content (AvgIpc) is 2.58. The highest BCUT2D eigenvalue weighted by molar-refractivity contribution is 5.34. The van der Waals surface area contributed by atoms with Gasteiger partial charge in [-0.3, -0.25) is 0 Å². The Morgan fingerprint density at radius 3 is 2.78 bits per heavy atom. The molecule has 2 rings (SSSR count). The quantitative estimate of drug-likeness (QED) is 0.599. The van der Waals surface area contributed by atoms with Crippen LogP contribution >= 0.6 is 0 Å². The maximum atomic E-state index is 5.52. The van der Waals surface area contributed by atoms with Crippen LogP contribution in [0.15, 0.2) is 18.5 Å². The smallest absolute Gasteiger partial charge is 0.0493 e. The normalized spacial score (nSPS) is 18.2. The van der Waals surface area contributed by atoms with Crippen LogP contribution in [0.1, 0.15) is 18.9 Å². The summed E-state index contributed by atoms with van der Waals surface area (Å²) >= 11 is 0. The van der Waals surface area contributed by atoms with E-state index >= 15 is 0 Å². The van der Waals surface area contributed by atoms with Crippen LogP contribution in [0.4, 0.5) is 5.69 Å². The Labute approximate surface area is 54.3 Å². The van der Waals surface area contributed by atoms with Crippen molar-refractivity contribution in [2.75, 3.05) is 5.73 Å². The Bertz CT molecular complexity index is 210. The van der Waals surface area contributed by atoms with Crippen molar-refractivity contribution >= 4 is 5.69 Å². The lowest BCUT2D eigenvalue weighted by molar-refractivity contribution is 0.748. The van der Waals surface area contributed by atoms with Gasteiger partial charge in [-0.15, -0.1) is 0 Å². The van der Waals surface area contributed by atoms with Gasteiger partial charge in [-0.05, 0) is 18.9 Å². The molecule has 1 aliphatic rings. The van der Waals surface area contributed by atoms with E-state index in [0.29, 0.717) is 0 Å². The molecule has 48 valence electrons. The molecule has 1 aromatic heterocycles. The van der Waals surface area contributed by atoms with Crippen molar-refractivity contribution in [2.45, 2.75) is 18.9 Å². The van der Waals surface area contributed by atoms with E-state index in [1.54, 1.807) is 0 Å². The van der Waals surface area contributed by atoms with Crippen LogP contribution in [-0.2, 0) is 0 Å². The Kier molecular flexibility index (Phi) is 0.835. The van der Waals surface area contributed by atoms with Crippen molar-refractivity contribution in [1.82, 2.24) is 4.57 Å². The van der Waals surface area contributed by atoms with Crippen molar-refractivity contribution in [3.63, 3.8) is 0 Å². The Morgan fingerprint density at radius 2 is 2.33 bits per heavy atom. The summed E-state index contributed by atoms with van der Waals surface area (Å²) in [6, 6.07) is 2.71. The molecule has 0 amide bonds. The molecule has 2 heteroatoms. The summed E-state index contributed by atoms with van der Waals surface area (Å²) in [4.78, 5) is 0. The van der Waals surface area contributed by atoms with Gasteiger partial charge in [0.1, 0.15) is 0 Å². The fraction of sp³-hybridized carbons (Fsp3) is 0.429. The summed E-state index contributed by atoms with van der Waals surface area (Å²) in [5, 5.41) is 0. The molecule has 1 aromatic rings. The molecule has 0 aliphatic heterocycles. The third-order valence-electron chi connectivity index (χ3n) is 1.71. The minimum Gasteiger partial charge on any atom is -0.398 e. The Hall–Kier alpha value is -0.920. The summed E-state index contributed by atoms with van der Waals surface area (Å²) in [5.74, 6) is 0. The summed E-state index contributed by atoms with van der Waals surface area (Å²) in [7, 11) is 0. The minimum absolute atomic E-state index is 0.766. The molecule has 9 heavy (non-hydrogen) atoms. The number of hydrogen-bond donors (Lipinski definition) is 1. The standard InChI is InChI=1S/C7H10N2/c8-6-3-4-9(5-6)7-1-2-7/h3-5,7H,1-2,8H2. The van der Waals surface area contributed by atoms with E-state index in [-0.39, 0.29) is 0 Å². The Balaban J connectivity index is 2.28. The summed E-state index contributed by atoms with van der Waals surface area (Å²) in [6.07, 6.45) is 6.70. The number of hydrogen-bond acceptors (Lipinski definition) is 1. The molecule has 2 nitrogen and oxygen atoms in total. The first-order chi connectivity index (χ1) is 4.36. The van der Waals surface area contributed by atoms with Gasteiger partial charge >= 0.3 is 0 Å². The first kappa shape index (κ1) is 4.91. The van der Waals surface area contributed by atoms with Crippen LogP contribution in [0.25, 0.3) is 0 Å². The van der Waals surface area contributed by atoms with E-state index < -0.39 is 0 Å². The molecule has 1 fully saturated rings. The van der Waals surface area contributed by atoms with Crippen LogP contribution in [0.5, 0.6) is 0 Å². The molecule has 0 unspecified atom stereocenters. The summed E-state index contributed by atoms with van der Waals surface area (Å²) in [6.45, 7) is 0. The predicted octanol–water partition coefficient (Wildman–Crippen LogP) is 1.41. The fourth-order valence-corrected chi connectivity index (χ4v) is 1.03. The predicted molar refractivity (Wildman–Crippen MR) is 37.1 cm³/mol. The SMILES string of the molecule is Nc1ccn(C2CC2)c1. The lowest BCUT2D eigenvalue weighted by atomic mass is 10.6. The molecule has 0 spiro atoms. The van der Waals surface area contributed by atoms with Crippen LogP contribution in [-0.4, -0.2) is 4.57 Å². The van der Waals surface area contributed by atoms with Crippen LogP contribution in [0.2, 0.25) is 0 Å².